The number of hydrogen-bond acceptors (Lipinski definition) is 5. The van der Waals surface area contributed by atoms with Gasteiger partial charge in [0.1, 0.15) is 12.4 Å². The number of benzene rings is 1. The average molecular weight is 271 g/mol. The second-order valence-corrected chi connectivity index (χ2v) is 4.33. The molecule has 3 N–H and O–H groups in total. The molecule has 0 fully saturated rings. The predicted octanol–water partition coefficient (Wildman–Crippen LogP) is 2.33. The molecule has 0 unspecified atom stereocenters. The second kappa shape index (κ2) is 5.08. The molecule has 1 aliphatic heterocycles. The van der Waals surface area contributed by atoms with E-state index in [4.69, 9.17) is 9.84 Å². The third kappa shape index (κ3) is 2.49. The highest BCUT2D eigenvalue weighted by Crippen LogP contribution is 2.27. The largest absolute Gasteiger partial charge is 0.488 e. The van der Waals surface area contributed by atoms with Crippen LogP contribution in [-0.4, -0.2) is 29.2 Å². The van der Waals surface area contributed by atoms with Crippen molar-refractivity contribution in [3.05, 3.63) is 42.0 Å². The van der Waals surface area contributed by atoms with Gasteiger partial charge in [0.05, 0.1) is 12.1 Å². The number of pyridine rings is 1. The first-order chi connectivity index (χ1) is 9.72. The molecule has 3 rings (SSSR count). The van der Waals surface area contributed by atoms with Crippen molar-refractivity contribution in [2.24, 2.45) is 0 Å². The number of nitrogens with one attached hydrogen (secondary N) is 2. The van der Waals surface area contributed by atoms with Crippen LogP contribution in [0.15, 0.2) is 36.4 Å². The summed E-state index contributed by atoms with van der Waals surface area (Å²) in [6, 6.07) is 10.2. The summed E-state index contributed by atoms with van der Waals surface area (Å²) in [4.78, 5) is 15.2. The summed E-state index contributed by atoms with van der Waals surface area (Å²) in [6.07, 6.45) is 0. The highest BCUT2D eigenvalue weighted by atomic mass is 16.5. The molecule has 6 nitrogen and oxygen atoms in total. The van der Waals surface area contributed by atoms with Gasteiger partial charge in [-0.3, -0.25) is 0 Å². The average Bonchev–Trinajstić information content (AvgIpc) is 2.48. The van der Waals surface area contributed by atoms with Crippen LogP contribution in [0, 0.1) is 0 Å². The number of hydrogen-bond donors (Lipinski definition) is 3. The fourth-order valence-corrected chi connectivity index (χ4v) is 1.93. The molecule has 20 heavy (non-hydrogen) atoms. The van der Waals surface area contributed by atoms with Gasteiger partial charge < -0.3 is 20.5 Å². The van der Waals surface area contributed by atoms with Crippen molar-refractivity contribution in [3.8, 4) is 5.75 Å². The number of carboxylic acid groups (broad SMARTS) is 1. The van der Waals surface area contributed by atoms with Gasteiger partial charge in [-0.2, -0.15) is 0 Å². The van der Waals surface area contributed by atoms with Gasteiger partial charge in [-0.25, -0.2) is 9.78 Å². The summed E-state index contributed by atoms with van der Waals surface area (Å²) >= 11 is 0. The quantitative estimate of drug-likeness (QED) is 0.794. The van der Waals surface area contributed by atoms with Crippen LogP contribution in [-0.2, 0) is 0 Å². The van der Waals surface area contributed by atoms with Crippen molar-refractivity contribution in [3.63, 3.8) is 0 Å². The minimum absolute atomic E-state index is 0.254. The first kappa shape index (κ1) is 12.3. The monoisotopic (exact) mass is 271 g/mol. The maximum atomic E-state index is 10.8. The topological polar surface area (TPSA) is 83.5 Å². The van der Waals surface area contributed by atoms with Crippen LogP contribution in [0.25, 0.3) is 0 Å². The highest BCUT2D eigenvalue weighted by Gasteiger charge is 2.11. The number of ether oxygens (including phenoxy) is 1. The van der Waals surface area contributed by atoms with E-state index in [0.29, 0.717) is 18.2 Å². The number of fused-ring (bicyclic) bond motifs is 1. The Morgan fingerprint density at radius 2 is 2.05 bits per heavy atom. The molecule has 1 aromatic carbocycles. The van der Waals surface area contributed by atoms with Crippen LogP contribution in [0.2, 0.25) is 0 Å². The first-order valence-electron chi connectivity index (χ1n) is 6.20. The van der Waals surface area contributed by atoms with Crippen molar-refractivity contribution >= 4 is 23.3 Å². The standard InChI is InChI=1S/C14H13N3O3/c18-14(19)9-1-3-10(4-2-9)16-12-6-5-11-13(17-12)15-7-8-20-11/h1-6H,7-8H2,(H,18,19)(H2,15,16,17). The Hall–Kier alpha value is -2.76. The van der Waals surface area contributed by atoms with Gasteiger partial charge in [0, 0.05) is 5.69 Å². The predicted molar refractivity (Wildman–Crippen MR) is 74.9 cm³/mol. The molecule has 1 aromatic heterocycles. The molecule has 2 aromatic rings. The lowest BCUT2D eigenvalue weighted by Crippen LogP contribution is -2.19. The Labute approximate surface area is 115 Å². The summed E-state index contributed by atoms with van der Waals surface area (Å²) in [7, 11) is 0. The van der Waals surface area contributed by atoms with Crippen LogP contribution >= 0.6 is 0 Å². The van der Waals surface area contributed by atoms with Gasteiger partial charge in [0.25, 0.3) is 0 Å². The number of aromatic carboxylic acids is 1. The van der Waals surface area contributed by atoms with Gasteiger partial charge in [-0.15, -0.1) is 0 Å². The van der Waals surface area contributed by atoms with Gasteiger partial charge >= 0.3 is 5.97 Å². The van der Waals surface area contributed by atoms with E-state index in [2.05, 4.69) is 15.6 Å². The molecule has 0 spiro atoms. The number of aromatic nitrogens is 1. The number of anilines is 3. The van der Waals surface area contributed by atoms with Crippen LogP contribution in [0.5, 0.6) is 5.75 Å². The molecule has 0 saturated carbocycles. The zero-order valence-electron chi connectivity index (χ0n) is 10.6. The van der Waals surface area contributed by atoms with Gasteiger partial charge in [0.15, 0.2) is 11.6 Å². The van der Waals surface area contributed by atoms with E-state index in [1.807, 2.05) is 12.1 Å². The van der Waals surface area contributed by atoms with Crippen LogP contribution in [0.3, 0.4) is 0 Å². The molecule has 2 heterocycles. The molecule has 0 saturated heterocycles. The molecular weight excluding hydrogens is 258 g/mol. The number of carbonyl (C=O) groups is 1. The first-order valence-corrected chi connectivity index (χ1v) is 6.20. The molecule has 0 aliphatic carbocycles. The smallest absolute Gasteiger partial charge is 0.335 e. The van der Waals surface area contributed by atoms with E-state index in [-0.39, 0.29) is 5.56 Å². The Morgan fingerprint density at radius 3 is 2.80 bits per heavy atom. The lowest BCUT2D eigenvalue weighted by molar-refractivity contribution is 0.0697. The van der Waals surface area contributed by atoms with E-state index in [9.17, 15) is 4.79 Å². The molecule has 1 aliphatic rings. The molecule has 102 valence electrons. The van der Waals surface area contributed by atoms with Gasteiger partial charge in [0.2, 0.25) is 0 Å². The Morgan fingerprint density at radius 1 is 1.25 bits per heavy atom. The maximum absolute atomic E-state index is 10.8. The van der Waals surface area contributed by atoms with Crippen molar-refractivity contribution in [1.29, 1.82) is 0 Å². The van der Waals surface area contributed by atoms with Crippen LogP contribution < -0.4 is 15.4 Å². The maximum Gasteiger partial charge on any atom is 0.335 e. The lowest BCUT2D eigenvalue weighted by atomic mass is 10.2. The second-order valence-electron chi connectivity index (χ2n) is 4.33. The van der Waals surface area contributed by atoms with Gasteiger partial charge in [-0.05, 0) is 36.4 Å². The van der Waals surface area contributed by atoms with Crippen molar-refractivity contribution in [1.82, 2.24) is 4.98 Å². The normalized spacial score (nSPS) is 12.8. The third-order valence-electron chi connectivity index (χ3n) is 2.91. The minimum Gasteiger partial charge on any atom is -0.488 e. The molecule has 0 atom stereocenters. The summed E-state index contributed by atoms with van der Waals surface area (Å²) in [6.45, 7) is 1.37. The van der Waals surface area contributed by atoms with Crippen molar-refractivity contribution in [2.75, 3.05) is 23.8 Å². The number of nitrogens with zero attached hydrogens (tertiary/aromatic N) is 1. The lowest BCUT2D eigenvalue weighted by Gasteiger charge is -2.18. The van der Waals surface area contributed by atoms with E-state index in [1.54, 1.807) is 24.3 Å². The fourth-order valence-electron chi connectivity index (χ4n) is 1.93. The van der Waals surface area contributed by atoms with Crippen molar-refractivity contribution in [2.45, 2.75) is 0 Å². The highest BCUT2D eigenvalue weighted by molar-refractivity contribution is 5.88. The van der Waals surface area contributed by atoms with E-state index in [1.165, 1.54) is 0 Å². The molecule has 0 radical (unpaired) electrons. The SMILES string of the molecule is O=C(O)c1ccc(Nc2ccc3c(n2)NCCO3)cc1. The number of rotatable bonds is 3. The van der Waals surface area contributed by atoms with Crippen LogP contribution in [0.1, 0.15) is 10.4 Å². The molecule has 0 amide bonds. The zero-order valence-corrected chi connectivity index (χ0v) is 10.6. The minimum atomic E-state index is -0.940. The Kier molecular flexibility index (Phi) is 3.12. The molecule has 0 bridgehead atoms. The Bertz CT molecular complexity index is 641. The molecular formula is C14H13N3O3. The Balaban J connectivity index is 1.78. The summed E-state index contributed by atoms with van der Waals surface area (Å²) < 4.78 is 5.45. The van der Waals surface area contributed by atoms with E-state index >= 15 is 0 Å². The van der Waals surface area contributed by atoms with E-state index < -0.39 is 5.97 Å². The van der Waals surface area contributed by atoms with Gasteiger partial charge in [-0.1, -0.05) is 0 Å². The zero-order chi connectivity index (χ0) is 13.9. The fraction of sp³-hybridized carbons (Fsp3) is 0.143. The summed E-state index contributed by atoms with van der Waals surface area (Å²) in [5.41, 5.74) is 1.03. The van der Waals surface area contributed by atoms with E-state index in [0.717, 1.165) is 18.0 Å². The van der Waals surface area contributed by atoms with Crippen molar-refractivity contribution < 1.29 is 14.6 Å². The summed E-state index contributed by atoms with van der Waals surface area (Å²) in [5.74, 6) is 1.18. The van der Waals surface area contributed by atoms with Crippen LogP contribution in [0.4, 0.5) is 17.3 Å². The number of carboxylic acids is 1. The third-order valence-corrected chi connectivity index (χ3v) is 2.91. The molecule has 6 heteroatoms. The summed E-state index contributed by atoms with van der Waals surface area (Å²) in [5, 5.41) is 15.1.